The van der Waals surface area contributed by atoms with Gasteiger partial charge in [0.2, 0.25) is 0 Å². The molecule has 1 aromatic carbocycles. The molecule has 8 heteroatoms. The van der Waals surface area contributed by atoms with Crippen LogP contribution in [0.5, 0.6) is 0 Å². The van der Waals surface area contributed by atoms with Gasteiger partial charge in [0.1, 0.15) is 5.82 Å². The molecule has 1 amide bonds. The molecule has 3 aromatic rings. The summed E-state index contributed by atoms with van der Waals surface area (Å²) in [6.45, 7) is 4.96. The van der Waals surface area contributed by atoms with E-state index in [9.17, 15) is 4.79 Å². The minimum absolute atomic E-state index is 0. The molecule has 2 aromatic heterocycles. The summed E-state index contributed by atoms with van der Waals surface area (Å²) in [5.74, 6) is 2.54. The molecule has 0 radical (unpaired) electrons. The van der Waals surface area contributed by atoms with Crippen molar-refractivity contribution in [3.8, 4) is 10.4 Å². The Hall–Kier alpha value is -2.12. The lowest BCUT2D eigenvalue weighted by Gasteiger charge is -2.20. The third kappa shape index (κ3) is 3.61. The van der Waals surface area contributed by atoms with Crippen LogP contribution in [-0.2, 0) is 6.54 Å². The second kappa shape index (κ2) is 8.10. The number of aromatic nitrogens is 1. The van der Waals surface area contributed by atoms with Crippen LogP contribution in [0.25, 0.3) is 10.4 Å². The van der Waals surface area contributed by atoms with E-state index in [0.717, 1.165) is 75.4 Å². The molecule has 0 bridgehead atoms. The molecule has 5 heterocycles. The van der Waals surface area contributed by atoms with E-state index in [1.165, 1.54) is 0 Å². The first kappa shape index (κ1) is 20.8. The van der Waals surface area contributed by atoms with E-state index in [1.54, 1.807) is 11.3 Å². The predicted molar refractivity (Wildman–Crippen MR) is 129 cm³/mol. The van der Waals surface area contributed by atoms with Gasteiger partial charge in [-0.1, -0.05) is 23.7 Å². The van der Waals surface area contributed by atoms with Crippen LogP contribution in [0.3, 0.4) is 0 Å². The van der Waals surface area contributed by atoms with Crippen LogP contribution in [0.1, 0.15) is 15.2 Å². The van der Waals surface area contributed by atoms with Crippen LogP contribution in [-0.4, -0.2) is 37.1 Å². The van der Waals surface area contributed by atoms with E-state index in [1.807, 2.05) is 41.4 Å². The zero-order valence-electron chi connectivity index (χ0n) is 16.8. The summed E-state index contributed by atoms with van der Waals surface area (Å²) in [5, 5.41) is 4.19. The highest BCUT2D eigenvalue weighted by Gasteiger charge is 2.37. The molecule has 0 spiro atoms. The zero-order valence-corrected chi connectivity index (χ0v) is 19.1. The largest absolute Gasteiger partial charge is 0.356 e. The highest BCUT2D eigenvalue weighted by molar-refractivity contribution is 7.17. The van der Waals surface area contributed by atoms with Gasteiger partial charge in [0.15, 0.2) is 0 Å². The number of fused-ring (bicyclic) bond motifs is 2. The van der Waals surface area contributed by atoms with Gasteiger partial charge in [-0.25, -0.2) is 4.98 Å². The van der Waals surface area contributed by atoms with Crippen LogP contribution in [0.4, 0.5) is 11.5 Å². The molecule has 1 N–H and O–H groups in total. The number of hydrogen-bond acceptors (Lipinski definition) is 5. The fourth-order valence-corrected chi connectivity index (χ4v) is 6.08. The van der Waals surface area contributed by atoms with Gasteiger partial charge in [-0.05, 0) is 53.3 Å². The molecule has 3 aliphatic heterocycles. The number of pyridine rings is 1. The molecule has 5 nitrogen and oxygen atoms in total. The highest BCUT2D eigenvalue weighted by Crippen LogP contribution is 2.39. The average molecular weight is 473 g/mol. The summed E-state index contributed by atoms with van der Waals surface area (Å²) >= 11 is 7.54. The molecule has 2 saturated heterocycles. The third-order valence-corrected chi connectivity index (χ3v) is 7.93. The number of anilines is 2. The molecule has 2 atom stereocenters. The standard InChI is InChI=1S/C23H21ClN4OS.ClH/c24-18-3-1-14(2-4-18)20-7-15-13-28(23(29)22(15)30-20)19-5-6-21(26-10-19)27-11-16-8-25-9-17(16)12-27;/h1-7,10,16-17,25H,8-9,11-13H2;1H. The lowest BCUT2D eigenvalue weighted by Crippen LogP contribution is -2.26. The summed E-state index contributed by atoms with van der Waals surface area (Å²) < 4.78 is 0. The third-order valence-electron chi connectivity index (χ3n) is 6.46. The first-order valence-corrected chi connectivity index (χ1v) is 11.5. The molecule has 6 rings (SSSR count). The number of halogens is 2. The fraction of sp³-hybridized carbons (Fsp3) is 0.304. The molecule has 2 unspecified atom stereocenters. The van der Waals surface area contributed by atoms with E-state index in [2.05, 4.69) is 22.3 Å². The molecule has 31 heavy (non-hydrogen) atoms. The maximum atomic E-state index is 13.0. The number of benzene rings is 1. The van der Waals surface area contributed by atoms with Crippen molar-refractivity contribution >= 4 is 52.8 Å². The monoisotopic (exact) mass is 472 g/mol. The van der Waals surface area contributed by atoms with Gasteiger partial charge in [-0.15, -0.1) is 23.7 Å². The smallest absolute Gasteiger partial charge is 0.269 e. The lowest BCUT2D eigenvalue weighted by molar-refractivity contribution is 0.1000. The Morgan fingerprint density at radius 1 is 1.06 bits per heavy atom. The highest BCUT2D eigenvalue weighted by atomic mass is 35.5. The van der Waals surface area contributed by atoms with Crippen molar-refractivity contribution in [2.24, 2.45) is 11.8 Å². The van der Waals surface area contributed by atoms with Crippen molar-refractivity contribution in [3.05, 3.63) is 64.1 Å². The summed E-state index contributed by atoms with van der Waals surface area (Å²) in [4.78, 5) is 23.9. The predicted octanol–water partition coefficient (Wildman–Crippen LogP) is 4.70. The van der Waals surface area contributed by atoms with Crippen molar-refractivity contribution in [2.75, 3.05) is 36.0 Å². The quantitative estimate of drug-likeness (QED) is 0.599. The van der Waals surface area contributed by atoms with Crippen molar-refractivity contribution in [1.82, 2.24) is 10.3 Å². The number of nitrogens with one attached hydrogen (secondary N) is 1. The summed E-state index contributed by atoms with van der Waals surface area (Å²) in [6, 6.07) is 14.0. The number of thiophene rings is 1. The van der Waals surface area contributed by atoms with Crippen LogP contribution in [0.15, 0.2) is 48.7 Å². The normalized spacial score (nSPS) is 21.9. The van der Waals surface area contributed by atoms with Crippen molar-refractivity contribution in [3.63, 3.8) is 0 Å². The molecular weight excluding hydrogens is 451 g/mol. The molecule has 0 aliphatic carbocycles. The van der Waals surface area contributed by atoms with Gasteiger partial charge in [-0.3, -0.25) is 4.79 Å². The first-order chi connectivity index (χ1) is 14.7. The van der Waals surface area contributed by atoms with Crippen molar-refractivity contribution in [2.45, 2.75) is 6.54 Å². The summed E-state index contributed by atoms with van der Waals surface area (Å²) in [7, 11) is 0. The average Bonchev–Trinajstić information content (AvgIpc) is 3.50. The van der Waals surface area contributed by atoms with Gasteiger partial charge in [-0.2, -0.15) is 0 Å². The molecule has 160 valence electrons. The Bertz CT molecular complexity index is 1100. The number of amides is 1. The number of carbonyl (C=O) groups excluding carboxylic acids is 1. The van der Waals surface area contributed by atoms with Gasteiger partial charge in [0.25, 0.3) is 5.91 Å². The van der Waals surface area contributed by atoms with Gasteiger partial charge in [0.05, 0.1) is 23.3 Å². The van der Waals surface area contributed by atoms with Gasteiger partial charge >= 0.3 is 0 Å². The maximum Gasteiger partial charge on any atom is 0.269 e. The number of carbonyl (C=O) groups is 1. The van der Waals surface area contributed by atoms with E-state index in [0.29, 0.717) is 6.54 Å². The second-order valence-electron chi connectivity index (χ2n) is 8.32. The van der Waals surface area contributed by atoms with Crippen molar-refractivity contribution in [1.29, 1.82) is 0 Å². The zero-order chi connectivity index (χ0) is 20.2. The molecule has 0 saturated carbocycles. The second-order valence-corrected chi connectivity index (χ2v) is 9.81. The Kier molecular flexibility index (Phi) is 5.42. The Labute approximate surface area is 196 Å². The van der Waals surface area contributed by atoms with Crippen molar-refractivity contribution < 1.29 is 4.79 Å². The van der Waals surface area contributed by atoms with E-state index < -0.39 is 0 Å². The topological polar surface area (TPSA) is 48.5 Å². The number of hydrogen-bond donors (Lipinski definition) is 1. The Morgan fingerprint density at radius 3 is 2.45 bits per heavy atom. The van der Waals surface area contributed by atoms with E-state index in [4.69, 9.17) is 16.6 Å². The number of rotatable bonds is 3. The first-order valence-electron chi connectivity index (χ1n) is 10.3. The Morgan fingerprint density at radius 2 is 1.81 bits per heavy atom. The lowest BCUT2D eigenvalue weighted by atomic mass is 10.0. The SMILES string of the molecule is Cl.O=C1c2sc(-c3ccc(Cl)cc3)cc2CN1c1ccc(N2CC3CNCC3C2)nc1. The molecular formula is C23H22Cl2N4OS. The fourth-order valence-electron chi connectivity index (χ4n) is 4.82. The van der Waals surface area contributed by atoms with E-state index >= 15 is 0 Å². The minimum Gasteiger partial charge on any atom is -0.356 e. The number of nitrogens with zero attached hydrogens (tertiary/aromatic N) is 3. The van der Waals surface area contributed by atoms with Gasteiger partial charge in [0, 0.05) is 36.1 Å². The summed E-state index contributed by atoms with van der Waals surface area (Å²) in [5.41, 5.74) is 3.04. The van der Waals surface area contributed by atoms with Crippen LogP contribution >= 0.6 is 35.3 Å². The summed E-state index contributed by atoms with van der Waals surface area (Å²) in [6.07, 6.45) is 1.84. The van der Waals surface area contributed by atoms with Crippen LogP contribution < -0.4 is 15.1 Å². The minimum atomic E-state index is 0. The molecule has 3 aliphatic rings. The molecule has 2 fully saturated rings. The van der Waals surface area contributed by atoms with Gasteiger partial charge < -0.3 is 15.1 Å². The van der Waals surface area contributed by atoms with Crippen LogP contribution in [0, 0.1) is 11.8 Å². The maximum absolute atomic E-state index is 13.0. The Balaban J connectivity index is 0.00000204. The van der Waals surface area contributed by atoms with E-state index in [-0.39, 0.29) is 18.3 Å². The van der Waals surface area contributed by atoms with Crippen LogP contribution in [0.2, 0.25) is 5.02 Å².